The van der Waals surface area contributed by atoms with Gasteiger partial charge in [0.1, 0.15) is 10.0 Å². The third kappa shape index (κ3) is 8.37. The Balaban J connectivity index is 1.16. The van der Waals surface area contributed by atoms with E-state index in [0.29, 0.717) is 11.8 Å². The molecule has 1 aliphatic heterocycles. The van der Waals surface area contributed by atoms with E-state index in [1.807, 2.05) is 19.2 Å². The number of aryl methyl sites for hydroxylation is 1. The monoisotopic (exact) mass is 519 g/mol. The molecule has 0 N–H and O–H groups in total. The minimum absolute atomic E-state index is 0.146. The van der Waals surface area contributed by atoms with Crippen molar-refractivity contribution in [3.63, 3.8) is 0 Å². The van der Waals surface area contributed by atoms with Crippen molar-refractivity contribution in [2.45, 2.75) is 71.1 Å². The van der Waals surface area contributed by atoms with E-state index in [1.54, 1.807) is 6.07 Å². The average Bonchev–Trinajstić information content (AvgIpc) is 3.14. The number of aliphatic imine (C=N–C) groups is 1. The first-order chi connectivity index (χ1) is 17.2. The molecular formula is C26H35F2N5O2S. The van der Waals surface area contributed by atoms with Crippen molar-refractivity contribution in [1.29, 1.82) is 0 Å². The van der Waals surface area contributed by atoms with Gasteiger partial charge in [0.05, 0.1) is 6.42 Å². The van der Waals surface area contributed by atoms with Gasteiger partial charge in [-0.1, -0.05) is 6.07 Å². The number of carbonyl (C=O) groups is 1. The van der Waals surface area contributed by atoms with Crippen LogP contribution >= 0.6 is 11.3 Å². The van der Waals surface area contributed by atoms with E-state index in [1.165, 1.54) is 36.2 Å². The van der Waals surface area contributed by atoms with Crippen molar-refractivity contribution in [2.24, 2.45) is 16.8 Å². The number of hydrogen-bond acceptors (Lipinski definition) is 7. The highest BCUT2D eigenvalue weighted by Crippen LogP contribution is 2.30. The third-order valence-corrected chi connectivity index (χ3v) is 7.76. The zero-order valence-corrected chi connectivity index (χ0v) is 21.9. The van der Waals surface area contributed by atoms with Crippen LogP contribution in [0.5, 0.6) is 5.88 Å². The summed E-state index contributed by atoms with van der Waals surface area (Å²) in [6.45, 7) is 5.04. The van der Waals surface area contributed by atoms with E-state index in [2.05, 4.69) is 25.1 Å². The number of carbonyl (C=O) groups excluding carboxylic acids is 1. The SMILES string of the molecule is Cc1nnc(CC(=O)N=CC2CCC(CCN3CCc4ccc(OCC(C)(F)F)nc4CC3)CC2)s1. The van der Waals surface area contributed by atoms with Crippen LogP contribution in [0.1, 0.15) is 60.3 Å². The first kappa shape index (κ1) is 26.7. The highest BCUT2D eigenvalue weighted by molar-refractivity contribution is 7.11. The molecule has 7 nitrogen and oxygen atoms in total. The highest BCUT2D eigenvalue weighted by Gasteiger charge is 2.24. The molecular weight excluding hydrogens is 484 g/mol. The second-order valence-corrected chi connectivity index (χ2v) is 11.4. The average molecular weight is 520 g/mol. The van der Waals surface area contributed by atoms with Crippen LogP contribution in [0.4, 0.5) is 8.78 Å². The fourth-order valence-electron chi connectivity index (χ4n) is 4.88. The Bertz CT molecular complexity index is 1050. The number of aromatic nitrogens is 3. The molecule has 2 aromatic rings. The molecule has 196 valence electrons. The lowest BCUT2D eigenvalue weighted by molar-refractivity contribution is -0.117. The summed E-state index contributed by atoms with van der Waals surface area (Å²) in [6, 6.07) is 3.67. The summed E-state index contributed by atoms with van der Waals surface area (Å²) in [4.78, 5) is 23.3. The van der Waals surface area contributed by atoms with Crippen molar-refractivity contribution < 1.29 is 18.3 Å². The van der Waals surface area contributed by atoms with Gasteiger partial charge in [-0.3, -0.25) is 4.79 Å². The molecule has 0 spiro atoms. The Morgan fingerprint density at radius 3 is 2.72 bits per heavy atom. The van der Waals surface area contributed by atoms with E-state index in [0.717, 1.165) is 68.0 Å². The zero-order chi connectivity index (χ0) is 25.5. The Labute approximate surface area is 215 Å². The first-order valence-electron chi connectivity index (χ1n) is 12.8. The number of nitrogens with zero attached hydrogens (tertiary/aromatic N) is 5. The summed E-state index contributed by atoms with van der Waals surface area (Å²) in [7, 11) is 0. The lowest BCUT2D eigenvalue weighted by atomic mass is 9.81. The third-order valence-electron chi connectivity index (χ3n) is 6.92. The number of alkyl halides is 2. The van der Waals surface area contributed by atoms with Gasteiger partial charge in [-0.15, -0.1) is 21.5 Å². The standard InChI is InChI=1S/C26H35F2N5O2S/c1-18-31-32-25(36-18)15-23(34)29-16-20-5-3-19(4-6-20)9-12-33-13-10-21-7-8-24(30-22(21)11-14-33)35-17-26(2,27)28/h7-8,16,19-20H,3-6,9-15,17H2,1-2H3. The lowest BCUT2D eigenvalue weighted by Gasteiger charge is -2.28. The second-order valence-electron chi connectivity index (χ2n) is 10.1. The molecule has 0 unspecified atom stereocenters. The topological polar surface area (TPSA) is 80.6 Å². The normalized spacial score (nSPS) is 21.3. The van der Waals surface area contributed by atoms with E-state index in [-0.39, 0.29) is 18.2 Å². The van der Waals surface area contributed by atoms with Crippen molar-refractivity contribution in [3.05, 3.63) is 33.4 Å². The van der Waals surface area contributed by atoms with Gasteiger partial charge in [0.15, 0.2) is 6.61 Å². The number of pyridine rings is 1. The number of amides is 1. The Morgan fingerprint density at radius 1 is 1.22 bits per heavy atom. The van der Waals surface area contributed by atoms with Gasteiger partial charge in [0, 0.05) is 44.4 Å². The molecule has 1 amide bonds. The number of rotatable bonds is 9. The first-order valence-corrected chi connectivity index (χ1v) is 13.6. The minimum atomic E-state index is -2.87. The van der Waals surface area contributed by atoms with Crippen LogP contribution in [0.3, 0.4) is 0 Å². The van der Waals surface area contributed by atoms with Crippen LogP contribution in [0.2, 0.25) is 0 Å². The van der Waals surface area contributed by atoms with E-state index in [4.69, 9.17) is 4.74 Å². The summed E-state index contributed by atoms with van der Waals surface area (Å²) in [6.07, 6.45) is 9.47. The van der Waals surface area contributed by atoms with Gasteiger partial charge in [0.2, 0.25) is 5.88 Å². The maximum absolute atomic E-state index is 13.1. The molecule has 2 aromatic heterocycles. The molecule has 0 bridgehead atoms. The highest BCUT2D eigenvalue weighted by atomic mass is 32.1. The van der Waals surface area contributed by atoms with Gasteiger partial charge in [-0.05, 0) is 69.4 Å². The van der Waals surface area contributed by atoms with Gasteiger partial charge in [-0.25, -0.2) is 18.8 Å². The van der Waals surface area contributed by atoms with Crippen LogP contribution in [-0.4, -0.2) is 64.4 Å². The molecule has 36 heavy (non-hydrogen) atoms. The minimum Gasteiger partial charge on any atom is -0.471 e. The molecule has 1 fully saturated rings. The summed E-state index contributed by atoms with van der Waals surface area (Å²) >= 11 is 1.44. The molecule has 0 aromatic carbocycles. The quantitative estimate of drug-likeness (QED) is 0.447. The van der Waals surface area contributed by atoms with Crippen LogP contribution in [0, 0.1) is 18.8 Å². The maximum Gasteiger partial charge on any atom is 0.278 e. The number of fused-ring (bicyclic) bond motifs is 1. The molecule has 1 aliphatic carbocycles. The van der Waals surface area contributed by atoms with Crippen molar-refractivity contribution in [2.75, 3.05) is 26.2 Å². The number of halogens is 2. The Morgan fingerprint density at radius 2 is 2.00 bits per heavy atom. The molecule has 0 saturated heterocycles. The zero-order valence-electron chi connectivity index (χ0n) is 21.1. The predicted molar refractivity (Wildman–Crippen MR) is 136 cm³/mol. The largest absolute Gasteiger partial charge is 0.471 e. The van der Waals surface area contributed by atoms with Crippen LogP contribution in [0.25, 0.3) is 0 Å². The van der Waals surface area contributed by atoms with Crippen molar-refractivity contribution in [3.8, 4) is 5.88 Å². The summed E-state index contributed by atoms with van der Waals surface area (Å²) in [5, 5.41) is 9.52. The maximum atomic E-state index is 13.1. The Kier molecular flexibility index (Phi) is 9.11. The second kappa shape index (κ2) is 12.3. The van der Waals surface area contributed by atoms with Gasteiger partial charge in [0.25, 0.3) is 11.8 Å². The summed E-state index contributed by atoms with van der Waals surface area (Å²) in [5.74, 6) is -1.65. The molecule has 4 rings (SSSR count). The number of hydrogen-bond donors (Lipinski definition) is 0. The molecule has 1 saturated carbocycles. The van der Waals surface area contributed by atoms with E-state index < -0.39 is 12.5 Å². The lowest BCUT2D eigenvalue weighted by Crippen LogP contribution is -2.29. The van der Waals surface area contributed by atoms with Gasteiger partial charge in [-0.2, -0.15) is 0 Å². The van der Waals surface area contributed by atoms with Crippen molar-refractivity contribution >= 4 is 23.5 Å². The van der Waals surface area contributed by atoms with Crippen molar-refractivity contribution in [1.82, 2.24) is 20.1 Å². The van der Waals surface area contributed by atoms with Gasteiger partial charge < -0.3 is 9.64 Å². The predicted octanol–water partition coefficient (Wildman–Crippen LogP) is 4.71. The summed E-state index contributed by atoms with van der Waals surface area (Å²) in [5.41, 5.74) is 2.15. The molecule has 0 radical (unpaired) electrons. The van der Waals surface area contributed by atoms with Crippen LogP contribution in [-0.2, 0) is 24.1 Å². The van der Waals surface area contributed by atoms with Gasteiger partial charge >= 0.3 is 0 Å². The summed E-state index contributed by atoms with van der Waals surface area (Å²) < 4.78 is 31.4. The fraction of sp³-hybridized carbons (Fsp3) is 0.654. The van der Waals surface area contributed by atoms with E-state index in [9.17, 15) is 13.6 Å². The Hall–Kier alpha value is -2.33. The molecule has 3 heterocycles. The molecule has 2 aliphatic rings. The van der Waals surface area contributed by atoms with Crippen LogP contribution in [0.15, 0.2) is 17.1 Å². The van der Waals surface area contributed by atoms with Crippen LogP contribution < -0.4 is 4.74 Å². The fourth-order valence-corrected chi connectivity index (χ4v) is 5.58. The van der Waals surface area contributed by atoms with E-state index >= 15 is 0 Å². The molecule has 10 heteroatoms. The number of ether oxygens (including phenoxy) is 1. The molecule has 0 atom stereocenters. The smallest absolute Gasteiger partial charge is 0.278 e.